The highest BCUT2D eigenvalue weighted by molar-refractivity contribution is 7.84. The second-order valence-electron chi connectivity index (χ2n) is 6.86. The third-order valence-corrected chi connectivity index (χ3v) is 5.29. The summed E-state index contributed by atoms with van der Waals surface area (Å²) in [4.78, 5) is 0. The molecule has 0 saturated heterocycles. The van der Waals surface area contributed by atoms with E-state index in [0.29, 0.717) is 18.6 Å². The van der Waals surface area contributed by atoms with E-state index >= 15 is 0 Å². The van der Waals surface area contributed by atoms with Crippen molar-refractivity contribution in [1.82, 2.24) is 4.72 Å². The van der Waals surface area contributed by atoms with Crippen LogP contribution in [-0.2, 0) is 16.5 Å². The first kappa shape index (κ1) is 22.5. The maximum Gasteiger partial charge on any atom is 0.423 e. The molecule has 0 radical (unpaired) electrons. The van der Waals surface area contributed by atoms with Crippen LogP contribution in [0.4, 0.5) is 13.2 Å². The Hall–Kier alpha value is -1.52. The molecule has 0 fully saturated rings. The summed E-state index contributed by atoms with van der Waals surface area (Å²) in [6, 6.07) is 5.47. The van der Waals surface area contributed by atoms with Gasteiger partial charge in [0.05, 0.1) is 22.8 Å². The minimum Gasteiger partial charge on any atom is -0.497 e. The van der Waals surface area contributed by atoms with Crippen molar-refractivity contribution >= 4 is 11.0 Å². The van der Waals surface area contributed by atoms with E-state index in [2.05, 4.69) is 16.6 Å². The first-order valence-corrected chi connectivity index (χ1v) is 9.54. The van der Waals surface area contributed by atoms with Crippen LogP contribution < -0.4 is 9.46 Å². The first-order chi connectivity index (χ1) is 12.0. The van der Waals surface area contributed by atoms with Crippen LogP contribution >= 0.6 is 0 Å². The van der Waals surface area contributed by atoms with Gasteiger partial charge in [0.1, 0.15) is 5.75 Å². The van der Waals surface area contributed by atoms with Crippen LogP contribution in [-0.4, -0.2) is 22.2 Å². The number of hydrogen-bond donors (Lipinski definition) is 1. The Balaban J connectivity index is 3.51. The van der Waals surface area contributed by atoms with Crippen molar-refractivity contribution in [2.24, 2.45) is 0 Å². The molecule has 1 aromatic carbocycles. The Kier molecular flexibility index (Phi) is 7.72. The van der Waals surface area contributed by atoms with E-state index in [4.69, 9.17) is 4.74 Å². The monoisotopic (exact) mass is 389 g/mol. The largest absolute Gasteiger partial charge is 0.497 e. The molecule has 0 unspecified atom stereocenters. The van der Waals surface area contributed by atoms with Crippen LogP contribution in [0.2, 0.25) is 0 Å². The highest BCUT2D eigenvalue weighted by atomic mass is 32.2. The predicted molar refractivity (Wildman–Crippen MR) is 99.1 cm³/mol. The molecule has 26 heavy (non-hydrogen) atoms. The summed E-state index contributed by atoms with van der Waals surface area (Å²) in [6.45, 7) is 6.76. The number of halogens is 3. The lowest BCUT2D eigenvalue weighted by atomic mass is 9.90. The Morgan fingerprint density at radius 3 is 2.15 bits per heavy atom. The standard InChI is InChI=1S/C19H26F3NO2S/c1-6-7-8-9-14-18(19(20,21)22,23-26(24)17(2,3)4)15-10-12-16(25-5)13-11-15/h10-13,23H,6-8H2,1-5H3/t18-,26-/m0/s1. The summed E-state index contributed by atoms with van der Waals surface area (Å²) in [5.41, 5.74) is -2.84. The highest BCUT2D eigenvalue weighted by Gasteiger charge is 2.57. The van der Waals surface area contributed by atoms with Crippen molar-refractivity contribution in [3.8, 4) is 17.6 Å². The molecular weight excluding hydrogens is 363 g/mol. The zero-order valence-corrected chi connectivity index (χ0v) is 16.6. The van der Waals surface area contributed by atoms with E-state index in [1.54, 1.807) is 20.8 Å². The Morgan fingerprint density at radius 2 is 1.73 bits per heavy atom. The summed E-state index contributed by atoms with van der Waals surface area (Å²) in [7, 11) is -0.538. The van der Waals surface area contributed by atoms with E-state index in [-0.39, 0.29) is 5.56 Å². The molecule has 2 atom stereocenters. The van der Waals surface area contributed by atoms with Crippen molar-refractivity contribution in [2.75, 3.05) is 7.11 Å². The van der Waals surface area contributed by atoms with Crippen molar-refractivity contribution in [3.63, 3.8) is 0 Å². The van der Waals surface area contributed by atoms with Crippen molar-refractivity contribution in [1.29, 1.82) is 0 Å². The van der Waals surface area contributed by atoms with Gasteiger partial charge in [0, 0.05) is 6.42 Å². The molecule has 7 heteroatoms. The number of nitrogens with one attached hydrogen (secondary N) is 1. The minimum absolute atomic E-state index is 0.118. The number of benzene rings is 1. The van der Waals surface area contributed by atoms with E-state index in [1.165, 1.54) is 31.4 Å². The molecule has 0 aliphatic carbocycles. The van der Waals surface area contributed by atoms with Gasteiger partial charge in [0.15, 0.2) is 0 Å². The molecule has 0 aromatic heterocycles. The van der Waals surface area contributed by atoms with Gasteiger partial charge in [0.25, 0.3) is 0 Å². The molecule has 0 aliphatic heterocycles. The number of unbranched alkanes of at least 4 members (excludes halogenated alkanes) is 2. The van der Waals surface area contributed by atoms with Gasteiger partial charge in [-0.25, -0.2) is 8.93 Å². The molecule has 0 amide bonds. The first-order valence-electron chi connectivity index (χ1n) is 8.39. The number of alkyl halides is 3. The van der Waals surface area contributed by atoms with Crippen molar-refractivity contribution in [2.45, 2.75) is 63.4 Å². The van der Waals surface area contributed by atoms with Gasteiger partial charge in [0.2, 0.25) is 5.54 Å². The average Bonchev–Trinajstić information content (AvgIpc) is 2.55. The lowest BCUT2D eigenvalue weighted by Crippen LogP contribution is -2.56. The Labute approximate surface area is 156 Å². The van der Waals surface area contributed by atoms with Crippen LogP contribution in [0.1, 0.15) is 52.5 Å². The maximum absolute atomic E-state index is 14.2. The lowest BCUT2D eigenvalue weighted by Gasteiger charge is -2.34. The Morgan fingerprint density at radius 1 is 1.15 bits per heavy atom. The maximum atomic E-state index is 14.2. The fourth-order valence-corrected chi connectivity index (χ4v) is 2.91. The van der Waals surface area contributed by atoms with Gasteiger partial charge in [-0.3, -0.25) is 0 Å². The number of ether oxygens (including phenoxy) is 1. The van der Waals surface area contributed by atoms with Gasteiger partial charge in [-0.2, -0.15) is 13.2 Å². The zero-order valence-electron chi connectivity index (χ0n) is 15.8. The molecular formula is C19H26F3NO2S. The van der Waals surface area contributed by atoms with Crippen LogP contribution in [0.3, 0.4) is 0 Å². The third kappa shape index (κ3) is 5.49. The lowest BCUT2D eigenvalue weighted by molar-refractivity contribution is -0.176. The van der Waals surface area contributed by atoms with E-state index in [0.717, 1.165) is 6.42 Å². The summed E-state index contributed by atoms with van der Waals surface area (Å²) < 4.78 is 61.4. The Bertz CT molecular complexity index is 669. The van der Waals surface area contributed by atoms with E-state index < -0.39 is 27.4 Å². The fourth-order valence-electron chi connectivity index (χ4n) is 2.04. The number of methoxy groups -OCH3 is 1. The fraction of sp³-hybridized carbons (Fsp3) is 0.579. The molecule has 0 bridgehead atoms. The SMILES string of the molecule is CCCCC#C[C@](N[S@@](=O)C(C)(C)C)(c1ccc(OC)cc1)C(F)(F)F. The topological polar surface area (TPSA) is 38.3 Å². The summed E-state index contributed by atoms with van der Waals surface area (Å²) in [6.07, 6.45) is -2.89. The molecule has 0 saturated carbocycles. The summed E-state index contributed by atoms with van der Waals surface area (Å²) in [5, 5.41) is 0. The summed E-state index contributed by atoms with van der Waals surface area (Å²) >= 11 is 0. The normalized spacial score (nSPS) is 15.5. The van der Waals surface area contributed by atoms with Crippen LogP contribution in [0.15, 0.2) is 24.3 Å². The van der Waals surface area contributed by atoms with E-state index in [9.17, 15) is 17.4 Å². The molecule has 0 spiro atoms. The van der Waals surface area contributed by atoms with Crippen LogP contribution in [0.5, 0.6) is 5.75 Å². The molecule has 1 aromatic rings. The van der Waals surface area contributed by atoms with Crippen LogP contribution in [0, 0.1) is 11.8 Å². The quantitative estimate of drug-likeness (QED) is 0.566. The third-order valence-electron chi connectivity index (χ3n) is 3.68. The summed E-state index contributed by atoms with van der Waals surface area (Å²) in [5.74, 6) is 5.40. The van der Waals surface area contributed by atoms with Crippen LogP contribution in [0.25, 0.3) is 0 Å². The minimum atomic E-state index is -4.76. The second-order valence-corrected chi connectivity index (χ2v) is 8.83. The molecule has 0 heterocycles. The van der Waals surface area contributed by atoms with E-state index in [1.807, 2.05) is 6.92 Å². The van der Waals surface area contributed by atoms with Gasteiger partial charge in [-0.05, 0) is 44.9 Å². The molecule has 1 rings (SSSR count). The molecule has 146 valence electrons. The van der Waals surface area contributed by atoms with Gasteiger partial charge in [-0.1, -0.05) is 31.4 Å². The second kappa shape index (κ2) is 8.92. The number of rotatable bonds is 6. The van der Waals surface area contributed by atoms with Gasteiger partial charge in [-0.15, -0.1) is 5.92 Å². The van der Waals surface area contributed by atoms with Crippen molar-refractivity contribution < 1.29 is 22.1 Å². The molecule has 0 aliphatic rings. The number of hydrogen-bond acceptors (Lipinski definition) is 2. The molecule has 1 N–H and O–H groups in total. The molecule has 3 nitrogen and oxygen atoms in total. The van der Waals surface area contributed by atoms with Crippen molar-refractivity contribution in [3.05, 3.63) is 29.8 Å². The zero-order chi connectivity index (χ0) is 20.0. The van der Waals surface area contributed by atoms with Gasteiger partial charge >= 0.3 is 6.18 Å². The smallest absolute Gasteiger partial charge is 0.423 e. The predicted octanol–water partition coefficient (Wildman–Crippen LogP) is 4.70. The highest BCUT2D eigenvalue weighted by Crippen LogP contribution is 2.40. The van der Waals surface area contributed by atoms with Gasteiger partial charge < -0.3 is 4.74 Å². The average molecular weight is 389 g/mol.